The maximum atomic E-state index is 5.77. The highest BCUT2D eigenvalue weighted by molar-refractivity contribution is 5.36. The maximum absolute atomic E-state index is 5.77. The molecule has 1 unspecified atom stereocenters. The predicted molar refractivity (Wildman–Crippen MR) is 78.6 cm³/mol. The molecule has 1 atom stereocenters. The van der Waals surface area contributed by atoms with Gasteiger partial charge in [-0.3, -0.25) is 0 Å². The topological polar surface area (TPSA) is 56.7 Å². The van der Waals surface area contributed by atoms with Crippen LogP contribution in [-0.2, 0) is 19.3 Å². The minimum atomic E-state index is 0.316. The highest BCUT2D eigenvalue weighted by atomic mass is 15.4. The average Bonchev–Trinajstić information content (AvgIpc) is 2.86. The van der Waals surface area contributed by atoms with E-state index in [4.69, 9.17) is 5.73 Å². The molecule has 0 bridgehead atoms. The third-order valence-electron chi connectivity index (χ3n) is 4.65. The van der Waals surface area contributed by atoms with Crippen molar-refractivity contribution in [2.24, 2.45) is 0 Å². The summed E-state index contributed by atoms with van der Waals surface area (Å²) in [6.45, 7) is 0. The van der Waals surface area contributed by atoms with Crippen LogP contribution >= 0.6 is 0 Å². The highest BCUT2D eigenvalue weighted by Crippen LogP contribution is 2.32. The van der Waals surface area contributed by atoms with Gasteiger partial charge in [0, 0.05) is 6.42 Å². The van der Waals surface area contributed by atoms with E-state index in [0.717, 1.165) is 18.7 Å². The number of rotatable bonds is 1. The van der Waals surface area contributed by atoms with E-state index in [-0.39, 0.29) is 0 Å². The van der Waals surface area contributed by atoms with Crippen LogP contribution in [0.4, 0.5) is 5.95 Å². The summed E-state index contributed by atoms with van der Waals surface area (Å²) in [5.74, 6) is 1.45. The van der Waals surface area contributed by atoms with E-state index >= 15 is 0 Å². The predicted octanol–water partition coefficient (Wildman–Crippen LogP) is 2.66. The Morgan fingerprint density at radius 2 is 1.90 bits per heavy atom. The molecule has 1 aromatic heterocycles. The molecule has 104 valence electrons. The molecule has 2 heterocycles. The Balaban J connectivity index is 1.74. The van der Waals surface area contributed by atoms with Crippen molar-refractivity contribution in [3.63, 3.8) is 0 Å². The van der Waals surface area contributed by atoms with Gasteiger partial charge in [-0.25, -0.2) is 4.68 Å². The standard InChI is InChI=1S/C16H20N4/c17-16-18-15-7-3-6-14(20(15)19-16)13-9-8-11-4-1-2-5-12(11)10-13/h8-10,14H,1-7H2,(H2,17,19). The molecule has 0 amide bonds. The highest BCUT2D eigenvalue weighted by Gasteiger charge is 2.24. The van der Waals surface area contributed by atoms with E-state index in [1.54, 1.807) is 0 Å². The van der Waals surface area contributed by atoms with Crippen LogP contribution in [0.5, 0.6) is 0 Å². The van der Waals surface area contributed by atoms with Gasteiger partial charge in [-0.1, -0.05) is 18.2 Å². The molecule has 2 aliphatic rings. The molecule has 1 aliphatic carbocycles. The van der Waals surface area contributed by atoms with Crippen molar-refractivity contribution < 1.29 is 0 Å². The van der Waals surface area contributed by atoms with E-state index in [9.17, 15) is 0 Å². The largest absolute Gasteiger partial charge is 0.366 e. The lowest BCUT2D eigenvalue weighted by molar-refractivity contribution is 0.412. The number of benzene rings is 1. The van der Waals surface area contributed by atoms with Crippen LogP contribution in [-0.4, -0.2) is 14.8 Å². The molecule has 2 aromatic rings. The van der Waals surface area contributed by atoms with Crippen molar-refractivity contribution in [3.05, 3.63) is 40.7 Å². The number of nitrogen functional groups attached to an aromatic ring is 1. The second kappa shape index (κ2) is 4.62. The van der Waals surface area contributed by atoms with Gasteiger partial charge in [0.05, 0.1) is 6.04 Å². The van der Waals surface area contributed by atoms with Gasteiger partial charge < -0.3 is 5.73 Å². The summed E-state index contributed by atoms with van der Waals surface area (Å²) < 4.78 is 2.05. The zero-order valence-corrected chi connectivity index (χ0v) is 11.7. The summed E-state index contributed by atoms with van der Waals surface area (Å²) in [6, 6.07) is 7.31. The third-order valence-corrected chi connectivity index (χ3v) is 4.65. The Hall–Kier alpha value is -1.84. The first-order valence-electron chi connectivity index (χ1n) is 7.64. The molecule has 0 saturated heterocycles. The van der Waals surface area contributed by atoms with Crippen LogP contribution in [0.25, 0.3) is 0 Å². The first-order chi connectivity index (χ1) is 9.81. The van der Waals surface area contributed by atoms with Gasteiger partial charge in [0.15, 0.2) is 0 Å². The molecule has 0 radical (unpaired) electrons. The van der Waals surface area contributed by atoms with Gasteiger partial charge in [0.1, 0.15) is 5.82 Å². The smallest absolute Gasteiger partial charge is 0.239 e. The Bertz CT molecular complexity index is 644. The Kier molecular flexibility index (Phi) is 2.76. The number of fused-ring (bicyclic) bond motifs is 2. The fourth-order valence-corrected chi connectivity index (χ4v) is 3.64. The molecule has 4 heteroatoms. The molecule has 0 spiro atoms. The van der Waals surface area contributed by atoms with Gasteiger partial charge in [-0.15, -0.1) is 5.10 Å². The lowest BCUT2D eigenvalue weighted by Gasteiger charge is -2.25. The quantitative estimate of drug-likeness (QED) is 0.865. The fourth-order valence-electron chi connectivity index (χ4n) is 3.64. The molecule has 2 N–H and O–H groups in total. The molecule has 4 rings (SSSR count). The molecule has 1 aliphatic heterocycles. The van der Waals surface area contributed by atoms with Crippen molar-refractivity contribution in [2.75, 3.05) is 5.73 Å². The first-order valence-corrected chi connectivity index (χ1v) is 7.64. The van der Waals surface area contributed by atoms with Crippen LogP contribution in [0.15, 0.2) is 18.2 Å². The SMILES string of the molecule is Nc1nc2n(n1)C(c1ccc3c(c1)CCCC3)CCC2. The number of nitrogens with zero attached hydrogens (tertiary/aromatic N) is 3. The molecule has 1 aromatic carbocycles. The normalized spacial score (nSPS) is 21.3. The Morgan fingerprint density at radius 1 is 1.05 bits per heavy atom. The first kappa shape index (κ1) is 11.9. The van der Waals surface area contributed by atoms with Crippen LogP contribution in [0.3, 0.4) is 0 Å². The molecule has 0 fully saturated rings. The number of hydrogen-bond acceptors (Lipinski definition) is 3. The van der Waals surface area contributed by atoms with Crippen LogP contribution in [0.1, 0.15) is 54.2 Å². The molecular formula is C16H20N4. The summed E-state index contributed by atoms with van der Waals surface area (Å²) in [5, 5.41) is 4.40. The Labute approximate surface area is 119 Å². The number of aryl methyl sites for hydroxylation is 3. The van der Waals surface area contributed by atoms with Gasteiger partial charge in [0.2, 0.25) is 5.95 Å². The summed E-state index contributed by atoms with van der Waals surface area (Å²) in [4.78, 5) is 4.34. The van der Waals surface area contributed by atoms with Crippen molar-refractivity contribution in [2.45, 2.75) is 51.0 Å². The van der Waals surface area contributed by atoms with Crippen LogP contribution in [0.2, 0.25) is 0 Å². The number of anilines is 1. The van der Waals surface area contributed by atoms with E-state index in [0.29, 0.717) is 12.0 Å². The fraction of sp³-hybridized carbons (Fsp3) is 0.500. The average molecular weight is 268 g/mol. The summed E-state index contributed by atoms with van der Waals surface area (Å²) in [7, 11) is 0. The van der Waals surface area contributed by atoms with Gasteiger partial charge in [-0.05, 0) is 55.2 Å². The lowest BCUT2D eigenvalue weighted by Crippen LogP contribution is -2.20. The Morgan fingerprint density at radius 3 is 2.80 bits per heavy atom. The molecular weight excluding hydrogens is 248 g/mol. The van der Waals surface area contributed by atoms with E-state index < -0.39 is 0 Å². The zero-order valence-electron chi connectivity index (χ0n) is 11.7. The minimum absolute atomic E-state index is 0.316. The lowest BCUT2D eigenvalue weighted by atomic mass is 9.88. The summed E-state index contributed by atoms with van der Waals surface area (Å²) in [6.07, 6.45) is 8.41. The van der Waals surface area contributed by atoms with E-state index in [2.05, 4.69) is 28.3 Å². The second-order valence-electron chi connectivity index (χ2n) is 5.97. The summed E-state index contributed by atoms with van der Waals surface area (Å²) in [5.41, 5.74) is 10.2. The monoisotopic (exact) mass is 268 g/mol. The molecule has 0 saturated carbocycles. The summed E-state index contributed by atoms with van der Waals surface area (Å²) >= 11 is 0. The second-order valence-corrected chi connectivity index (χ2v) is 5.97. The van der Waals surface area contributed by atoms with Crippen molar-refractivity contribution in [1.29, 1.82) is 0 Å². The van der Waals surface area contributed by atoms with Crippen molar-refractivity contribution in [3.8, 4) is 0 Å². The number of hydrogen-bond donors (Lipinski definition) is 1. The maximum Gasteiger partial charge on any atom is 0.239 e. The van der Waals surface area contributed by atoms with Gasteiger partial charge in [0.25, 0.3) is 0 Å². The zero-order chi connectivity index (χ0) is 13.5. The van der Waals surface area contributed by atoms with Gasteiger partial charge in [-0.2, -0.15) is 4.98 Å². The van der Waals surface area contributed by atoms with E-state index in [1.807, 2.05) is 4.68 Å². The van der Waals surface area contributed by atoms with Crippen LogP contribution < -0.4 is 5.73 Å². The molecule has 20 heavy (non-hydrogen) atoms. The molecule has 4 nitrogen and oxygen atoms in total. The third kappa shape index (κ3) is 1.90. The van der Waals surface area contributed by atoms with Gasteiger partial charge >= 0.3 is 0 Å². The van der Waals surface area contributed by atoms with Crippen molar-refractivity contribution >= 4 is 5.95 Å². The minimum Gasteiger partial charge on any atom is -0.366 e. The number of aromatic nitrogens is 3. The number of nitrogens with two attached hydrogens (primary N) is 1. The van der Waals surface area contributed by atoms with Crippen LogP contribution in [0, 0.1) is 0 Å². The van der Waals surface area contributed by atoms with E-state index in [1.165, 1.54) is 48.8 Å². The van der Waals surface area contributed by atoms with Crippen molar-refractivity contribution in [1.82, 2.24) is 14.8 Å².